The molecule has 0 bridgehead atoms. The average Bonchev–Trinajstić information content (AvgIpc) is 2.68. The molecule has 0 aliphatic heterocycles. The number of aryl methyl sites for hydroxylation is 1. The van der Waals surface area contributed by atoms with E-state index in [0.717, 1.165) is 10.9 Å². The molecule has 0 saturated heterocycles. The van der Waals surface area contributed by atoms with E-state index in [9.17, 15) is 18.0 Å². The number of aliphatic hydroxyl groups excluding tert-OH is 1. The number of hydrogen-bond acceptors (Lipinski definition) is 3. The van der Waals surface area contributed by atoms with Gasteiger partial charge in [0.25, 0.3) is 5.91 Å². The van der Waals surface area contributed by atoms with Gasteiger partial charge in [-0.15, -0.1) is 0 Å². The Balaban J connectivity index is 2.82. The molecule has 0 radical (unpaired) electrons. The van der Waals surface area contributed by atoms with Crippen LogP contribution in [0.15, 0.2) is 6.20 Å². The van der Waals surface area contributed by atoms with Crippen molar-refractivity contribution in [2.45, 2.75) is 32.0 Å². The first-order chi connectivity index (χ1) is 8.75. The molecule has 0 aromatic carbocycles. The lowest BCUT2D eigenvalue weighted by Crippen LogP contribution is -2.33. The number of alkyl halides is 3. The summed E-state index contributed by atoms with van der Waals surface area (Å²) in [5.41, 5.74) is -1.69. The molecule has 1 amide bonds. The first-order valence-corrected chi connectivity index (χ1v) is 5.78. The van der Waals surface area contributed by atoms with Crippen molar-refractivity contribution in [1.29, 1.82) is 0 Å². The van der Waals surface area contributed by atoms with Gasteiger partial charge in [0, 0.05) is 25.9 Å². The van der Waals surface area contributed by atoms with E-state index in [1.165, 1.54) is 7.05 Å². The lowest BCUT2D eigenvalue weighted by Gasteiger charge is -2.13. The number of aliphatic hydroxyl groups is 1. The van der Waals surface area contributed by atoms with Crippen molar-refractivity contribution in [2.24, 2.45) is 7.05 Å². The Morgan fingerprint density at radius 2 is 2.21 bits per heavy atom. The maximum atomic E-state index is 12.7. The van der Waals surface area contributed by atoms with Gasteiger partial charge >= 0.3 is 6.18 Å². The van der Waals surface area contributed by atoms with Crippen LogP contribution in [-0.2, 0) is 13.2 Å². The molecule has 5 nitrogen and oxygen atoms in total. The number of nitrogens with one attached hydrogen (secondary N) is 1. The minimum atomic E-state index is -4.66. The van der Waals surface area contributed by atoms with Crippen LogP contribution in [0.4, 0.5) is 13.2 Å². The van der Waals surface area contributed by atoms with Gasteiger partial charge in [-0.05, 0) is 19.8 Å². The minimum Gasteiger partial charge on any atom is -0.396 e. The van der Waals surface area contributed by atoms with Crippen LogP contribution in [0.1, 0.15) is 35.8 Å². The Labute approximate surface area is 108 Å². The van der Waals surface area contributed by atoms with Crippen molar-refractivity contribution < 1.29 is 23.1 Å². The quantitative estimate of drug-likeness (QED) is 0.854. The van der Waals surface area contributed by atoms with Gasteiger partial charge in [-0.3, -0.25) is 9.48 Å². The number of carbonyl (C=O) groups is 1. The van der Waals surface area contributed by atoms with Gasteiger partial charge < -0.3 is 10.4 Å². The number of carbonyl (C=O) groups excluding carboxylic acids is 1. The van der Waals surface area contributed by atoms with Crippen LogP contribution in [-0.4, -0.2) is 33.4 Å². The molecule has 1 heterocycles. The molecule has 1 unspecified atom stereocenters. The van der Waals surface area contributed by atoms with Gasteiger partial charge in [0.1, 0.15) is 0 Å². The van der Waals surface area contributed by atoms with Crippen molar-refractivity contribution in [3.05, 3.63) is 17.5 Å². The predicted molar refractivity (Wildman–Crippen MR) is 61.5 cm³/mol. The molecule has 0 spiro atoms. The van der Waals surface area contributed by atoms with Crippen LogP contribution in [0.25, 0.3) is 0 Å². The zero-order valence-electron chi connectivity index (χ0n) is 10.7. The van der Waals surface area contributed by atoms with Crippen LogP contribution in [0.5, 0.6) is 0 Å². The van der Waals surface area contributed by atoms with Crippen molar-refractivity contribution in [1.82, 2.24) is 15.1 Å². The van der Waals surface area contributed by atoms with Gasteiger partial charge in [0.05, 0.1) is 5.56 Å². The first kappa shape index (κ1) is 15.5. The van der Waals surface area contributed by atoms with Crippen molar-refractivity contribution in [2.75, 3.05) is 6.61 Å². The fourth-order valence-electron chi connectivity index (χ4n) is 1.64. The Bertz CT molecular complexity index is 443. The molecule has 1 aromatic rings. The van der Waals surface area contributed by atoms with Crippen LogP contribution in [0, 0.1) is 0 Å². The molecule has 0 fully saturated rings. The molecule has 0 aliphatic rings. The summed E-state index contributed by atoms with van der Waals surface area (Å²) in [6.45, 7) is 1.64. The third-order valence-electron chi connectivity index (χ3n) is 2.51. The normalized spacial score (nSPS) is 13.4. The van der Waals surface area contributed by atoms with E-state index in [4.69, 9.17) is 5.11 Å². The van der Waals surface area contributed by atoms with Crippen LogP contribution in [0.3, 0.4) is 0 Å². The monoisotopic (exact) mass is 279 g/mol. The van der Waals surface area contributed by atoms with E-state index in [0.29, 0.717) is 12.8 Å². The SMILES string of the molecule is CC(CCCO)NC(=O)c1cn(C)nc1C(F)(F)F. The van der Waals surface area contributed by atoms with Crippen molar-refractivity contribution in [3.8, 4) is 0 Å². The highest BCUT2D eigenvalue weighted by Gasteiger charge is 2.39. The smallest absolute Gasteiger partial charge is 0.396 e. The standard InChI is InChI=1S/C11H16F3N3O2/c1-7(4-3-5-18)15-10(19)8-6-17(2)16-9(8)11(12,13)14/h6-7,18H,3-5H2,1-2H3,(H,15,19). The van der Waals surface area contributed by atoms with Crippen LogP contribution in [0.2, 0.25) is 0 Å². The summed E-state index contributed by atoms with van der Waals surface area (Å²) >= 11 is 0. The van der Waals surface area contributed by atoms with E-state index in [1.54, 1.807) is 6.92 Å². The van der Waals surface area contributed by atoms with E-state index in [2.05, 4.69) is 10.4 Å². The number of hydrogen-bond donors (Lipinski definition) is 2. The van der Waals surface area contributed by atoms with Crippen LogP contribution < -0.4 is 5.32 Å². The van der Waals surface area contributed by atoms with Crippen LogP contribution >= 0.6 is 0 Å². The Morgan fingerprint density at radius 1 is 1.58 bits per heavy atom. The topological polar surface area (TPSA) is 67.2 Å². The molecule has 2 N–H and O–H groups in total. The number of amides is 1. The van der Waals surface area contributed by atoms with E-state index in [-0.39, 0.29) is 12.6 Å². The predicted octanol–water partition coefficient (Wildman–Crippen LogP) is 1.33. The Kier molecular flexibility index (Phi) is 4.93. The molecule has 1 atom stereocenters. The molecule has 1 aromatic heterocycles. The summed E-state index contributed by atoms with van der Waals surface area (Å²) in [6, 6.07) is -0.319. The zero-order valence-corrected chi connectivity index (χ0v) is 10.7. The number of aromatic nitrogens is 2. The molecule has 1 rings (SSSR count). The van der Waals surface area contributed by atoms with Gasteiger partial charge in [0.15, 0.2) is 5.69 Å². The zero-order chi connectivity index (χ0) is 14.6. The van der Waals surface area contributed by atoms with E-state index in [1.807, 2.05) is 0 Å². The maximum absolute atomic E-state index is 12.7. The number of nitrogens with zero attached hydrogens (tertiary/aromatic N) is 2. The van der Waals surface area contributed by atoms with Gasteiger partial charge in [-0.25, -0.2) is 0 Å². The molecule has 8 heteroatoms. The summed E-state index contributed by atoms with van der Waals surface area (Å²) in [6.07, 6.45) is -2.66. The average molecular weight is 279 g/mol. The van der Waals surface area contributed by atoms with E-state index >= 15 is 0 Å². The molecule has 108 valence electrons. The number of halogens is 3. The number of rotatable bonds is 5. The Morgan fingerprint density at radius 3 is 2.74 bits per heavy atom. The summed E-state index contributed by atoms with van der Waals surface area (Å²) in [7, 11) is 1.32. The van der Waals surface area contributed by atoms with Crippen molar-refractivity contribution in [3.63, 3.8) is 0 Å². The lowest BCUT2D eigenvalue weighted by atomic mass is 10.1. The molecular weight excluding hydrogens is 263 g/mol. The highest BCUT2D eigenvalue weighted by Crippen LogP contribution is 2.30. The molecule has 0 aliphatic carbocycles. The summed E-state index contributed by atoms with van der Waals surface area (Å²) in [5, 5.41) is 14.4. The minimum absolute atomic E-state index is 0.0269. The van der Waals surface area contributed by atoms with Gasteiger partial charge in [-0.2, -0.15) is 18.3 Å². The van der Waals surface area contributed by atoms with E-state index < -0.39 is 23.3 Å². The second-order valence-electron chi connectivity index (χ2n) is 4.30. The second-order valence-corrected chi connectivity index (χ2v) is 4.30. The third-order valence-corrected chi connectivity index (χ3v) is 2.51. The highest BCUT2D eigenvalue weighted by molar-refractivity contribution is 5.95. The second kappa shape index (κ2) is 6.05. The maximum Gasteiger partial charge on any atom is 0.435 e. The molecule has 19 heavy (non-hydrogen) atoms. The molecular formula is C11H16F3N3O2. The largest absolute Gasteiger partial charge is 0.435 e. The fourth-order valence-corrected chi connectivity index (χ4v) is 1.64. The van der Waals surface area contributed by atoms with Gasteiger partial charge in [0.2, 0.25) is 0 Å². The lowest BCUT2D eigenvalue weighted by molar-refractivity contribution is -0.141. The summed E-state index contributed by atoms with van der Waals surface area (Å²) in [4.78, 5) is 11.8. The highest BCUT2D eigenvalue weighted by atomic mass is 19.4. The van der Waals surface area contributed by atoms with Crippen molar-refractivity contribution >= 4 is 5.91 Å². The fraction of sp³-hybridized carbons (Fsp3) is 0.636. The summed E-state index contributed by atoms with van der Waals surface area (Å²) < 4.78 is 39.0. The Hall–Kier alpha value is -1.57. The first-order valence-electron chi connectivity index (χ1n) is 5.78. The third kappa shape index (κ3) is 4.23. The summed E-state index contributed by atoms with van der Waals surface area (Å²) in [5.74, 6) is -0.814. The molecule has 0 saturated carbocycles. The van der Waals surface area contributed by atoms with Gasteiger partial charge in [-0.1, -0.05) is 0 Å².